The van der Waals surface area contributed by atoms with Crippen molar-refractivity contribution in [2.45, 2.75) is 33.6 Å². The molecule has 1 aliphatic heterocycles. The Labute approximate surface area is 95.2 Å². The number of urea groups is 1. The lowest BCUT2D eigenvalue weighted by Crippen LogP contribution is -2.59. The molecule has 0 bridgehead atoms. The van der Waals surface area contributed by atoms with Crippen LogP contribution in [0, 0.1) is 11.8 Å². The van der Waals surface area contributed by atoms with Crippen molar-refractivity contribution in [2.24, 2.45) is 11.8 Å². The minimum atomic E-state index is -0.711. The number of amides is 4. The molecule has 0 aliphatic carbocycles. The number of imide groups is 2. The van der Waals surface area contributed by atoms with Crippen LogP contribution in [0.4, 0.5) is 4.79 Å². The van der Waals surface area contributed by atoms with E-state index in [1.807, 2.05) is 13.8 Å². The quantitative estimate of drug-likeness (QED) is 0.731. The van der Waals surface area contributed by atoms with Crippen molar-refractivity contribution >= 4 is 17.8 Å². The van der Waals surface area contributed by atoms with Crippen LogP contribution in [0.5, 0.6) is 0 Å². The molecule has 0 radical (unpaired) electrons. The maximum absolute atomic E-state index is 11.9. The van der Waals surface area contributed by atoms with Gasteiger partial charge in [-0.15, -0.1) is 0 Å². The van der Waals surface area contributed by atoms with Gasteiger partial charge in [-0.25, -0.2) is 4.79 Å². The highest BCUT2D eigenvalue weighted by atomic mass is 16.2. The summed E-state index contributed by atoms with van der Waals surface area (Å²) in [6, 6.07) is -0.600. The zero-order valence-electron chi connectivity index (χ0n) is 9.95. The molecular formula is C11H18N2O3. The van der Waals surface area contributed by atoms with Crippen LogP contribution < -0.4 is 5.32 Å². The van der Waals surface area contributed by atoms with E-state index in [0.29, 0.717) is 6.54 Å². The molecule has 0 aromatic heterocycles. The summed E-state index contributed by atoms with van der Waals surface area (Å²) in [5.41, 5.74) is 0. The molecule has 1 saturated heterocycles. The molecule has 2 unspecified atom stereocenters. The molecule has 16 heavy (non-hydrogen) atoms. The molecule has 1 rings (SSSR count). The van der Waals surface area contributed by atoms with Crippen LogP contribution in [0.3, 0.4) is 0 Å². The summed E-state index contributed by atoms with van der Waals surface area (Å²) in [6.07, 6.45) is 1.72. The van der Waals surface area contributed by atoms with Crippen molar-refractivity contribution in [2.75, 3.05) is 6.54 Å². The monoisotopic (exact) mass is 226 g/mol. The third-order valence-corrected chi connectivity index (χ3v) is 2.92. The van der Waals surface area contributed by atoms with E-state index in [4.69, 9.17) is 0 Å². The first-order valence-corrected chi connectivity index (χ1v) is 5.69. The van der Waals surface area contributed by atoms with Crippen LogP contribution in [-0.4, -0.2) is 29.3 Å². The van der Waals surface area contributed by atoms with Gasteiger partial charge in [0.2, 0.25) is 11.8 Å². The van der Waals surface area contributed by atoms with Gasteiger partial charge in [-0.1, -0.05) is 20.3 Å². The lowest BCUT2D eigenvalue weighted by atomic mass is 9.87. The average molecular weight is 226 g/mol. The molecule has 1 heterocycles. The second-order valence-electron chi connectivity index (χ2n) is 4.12. The molecule has 5 nitrogen and oxygen atoms in total. The van der Waals surface area contributed by atoms with Gasteiger partial charge < -0.3 is 0 Å². The van der Waals surface area contributed by atoms with Gasteiger partial charge >= 0.3 is 6.03 Å². The second-order valence-corrected chi connectivity index (χ2v) is 4.12. The molecule has 0 saturated carbocycles. The molecule has 5 heteroatoms. The van der Waals surface area contributed by atoms with E-state index in [1.165, 1.54) is 0 Å². The smallest absolute Gasteiger partial charge is 0.277 e. The van der Waals surface area contributed by atoms with E-state index in [2.05, 4.69) is 5.32 Å². The van der Waals surface area contributed by atoms with Crippen molar-refractivity contribution in [1.82, 2.24) is 10.2 Å². The zero-order valence-corrected chi connectivity index (χ0v) is 9.95. The van der Waals surface area contributed by atoms with E-state index in [9.17, 15) is 14.4 Å². The molecule has 1 fully saturated rings. The number of nitrogens with zero attached hydrogens (tertiary/aromatic N) is 1. The fraction of sp³-hybridized carbons (Fsp3) is 0.727. The number of nitrogens with one attached hydrogen (secondary N) is 1. The average Bonchev–Trinajstić information content (AvgIpc) is 2.17. The fourth-order valence-electron chi connectivity index (χ4n) is 2.05. The first-order chi connectivity index (χ1) is 7.52. The van der Waals surface area contributed by atoms with Gasteiger partial charge in [0.1, 0.15) is 5.92 Å². The molecule has 1 N–H and O–H groups in total. The van der Waals surface area contributed by atoms with E-state index in [-0.39, 0.29) is 11.8 Å². The van der Waals surface area contributed by atoms with Crippen LogP contribution in [0.25, 0.3) is 0 Å². The van der Waals surface area contributed by atoms with Gasteiger partial charge in [-0.2, -0.15) is 0 Å². The van der Waals surface area contributed by atoms with Crippen molar-refractivity contribution in [3.05, 3.63) is 0 Å². The molecule has 90 valence electrons. The predicted octanol–water partition coefficient (Wildman–Crippen LogP) is 1.14. The largest absolute Gasteiger partial charge is 0.330 e. The van der Waals surface area contributed by atoms with Crippen LogP contribution in [-0.2, 0) is 9.59 Å². The fourth-order valence-corrected chi connectivity index (χ4v) is 2.05. The first kappa shape index (κ1) is 12.7. The number of barbiturate groups is 1. The van der Waals surface area contributed by atoms with Crippen molar-refractivity contribution in [3.63, 3.8) is 0 Å². The highest BCUT2D eigenvalue weighted by Crippen LogP contribution is 2.22. The van der Waals surface area contributed by atoms with Crippen molar-refractivity contribution in [3.8, 4) is 0 Å². The number of hydrogen-bond donors (Lipinski definition) is 1. The summed E-state index contributed by atoms with van der Waals surface area (Å²) < 4.78 is 0. The Bertz CT molecular complexity index is 314. The maximum Gasteiger partial charge on any atom is 0.330 e. The Morgan fingerprint density at radius 1 is 1.31 bits per heavy atom. The Kier molecular flexibility index (Phi) is 4.04. The summed E-state index contributed by atoms with van der Waals surface area (Å²) in [4.78, 5) is 36.0. The Hall–Kier alpha value is -1.39. The third kappa shape index (κ3) is 2.23. The first-order valence-electron chi connectivity index (χ1n) is 5.69. The zero-order chi connectivity index (χ0) is 12.3. The standard InChI is InChI=1S/C11H18N2O3/c1-4-6-7(3)8-9(14)12-11(16)13(5-2)10(8)15/h7-8H,4-6H2,1-3H3,(H,12,14,16). The molecule has 0 spiro atoms. The predicted molar refractivity (Wildman–Crippen MR) is 58.5 cm³/mol. The molecule has 2 atom stereocenters. The summed E-state index contributed by atoms with van der Waals surface area (Å²) in [7, 11) is 0. The van der Waals surface area contributed by atoms with E-state index in [1.54, 1.807) is 6.92 Å². The summed E-state index contributed by atoms with van der Waals surface area (Å²) in [5, 5.41) is 2.23. The number of carbonyl (C=O) groups excluding carboxylic acids is 3. The number of carbonyl (C=O) groups is 3. The Balaban J connectivity index is 2.87. The normalized spacial score (nSPS) is 23.3. The topological polar surface area (TPSA) is 66.5 Å². The van der Waals surface area contributed by atoms with E-state index < -0.39 is 17.9 Å². The van der Waals surface area contributed by atoms with Crippen molar-refractivity contribution in [1.29, 1.82) is 0 Å². The van der Waals surface area contributed by atoms with Crippen LogP contribution in [0.2, 0.25) is 0 Å². The Morgan fingerprint density at radius 3 is 2.44 bits per heavy atom. The molecule has 4 amide bonds. The van der Waals surface area contributed by atoms with Gasteiger partial charge in [-0.3, -0.25) is 19.8 Å². The van der Waals surface area contributed by atoms with Crippen LogP contribution >= 0.6 is 0 Å². The molecule has 0 aromatic rings. The maximum atomic E-state index is 11.9. The van der Waals surface area contributed by atoms with E-state index in [0.717, 1.165) is 17.7 Å². The minimum absolute atomic E-state index is 0.0281. The lowest BCUT2D eigenvalue weighted by molar-refractivity contribution is -0.144. The summed E-state index contributed by atoms with van der Waals surface area (Å²) in [6.45, 7) is 5.89. The summed E-state index contributed by atoms with van der Waals surface area (Å²) in [5.74, 6) is -1.56. The van der Waals surface area contributed by atoms with Crippen LogP contribution in [0.1, 0.15) is 33.6 Å². The SMILES string of the molecule is CCCC(C)C1C(=O)NC(=O)N(CC)C1=O. The number of hydrogen-bond acceptors (Lipinski definition) is 3. The highest BCUT2D eigenvalue weighted by molar-refractivity contribution is 6.16. The molecular weight excluding hydrogens is 208 g/mol. The van der Waals surface area contributed by atoms with Gasteiger partial charge in [0.05, 0.1) is 0 Å². The van der Waals surface area contributed by atoms with Gasteiger partial charge in [0, 0.05) is 6.54 Å². The van der Waals surface area contributed by atoms with Gasteiger partial charge in [0.25, 0.3) is 0 Å². The molecule has 1 aliphatic rings. The van der Waals surface area contributed by atoms with Crippen LogP contribution in [0.15, 0.2) is 0 Å². The summed E-state index contributed by atoms with van der Waals surface area (Å²) >= 11 is 0. The van der Waals surface area contributed by atoms with Crippen molar-refractivity contribution < 1.29 is 14.4 Å². The second kappa shape index (κ2) is 5.09. The number of rotatable bonds is 4. The molecule has 0 aromatic carbocycles. The Morgan fingerprint density at radius 2 is 1.94 bits per heavy atom. The van der Waals surface area contributed by atoms with Gasteiger partial charge in [0.15, 0.2) is 0 Å². The van der Waals surface area contributed by atoms with E-state index >= 15 is 0 Å². The van der Waals surface area contributed by atoms with Gasteiger partial charge in [-0.05, 0) is 19.3 Å². The minimum Gasteiger partial charge on any atom is -0.277 e. The third-order valence-electron chi connectivity index (χ3n) is 2.92. The highest BCUT2D eigenvalue weighted by Gasteiger charge is 2.42. The lowest BCUT2D eigenvalue weighted by Gasteiger charge is -2.32.